The molecule has 1 atom stereocenters. The van der Waals surface area contributed by atoms with Gasteiger partial charge in [-0.25, -0.2) is 4.98 Å². The molecule has 2 heterocycles. The Morgan fingerprint density at radius 1 is 1.52 bits per heavy atom. The Morgan fingerprint density at radius 3 is 2.81 bits per heavy atom. The van der Waals surface area contributed by atoms with Crippen LogP contribution in [0.2, 0.25) is 0 Å². The van der Waals surface area contributed by atoms with Crippen molar-refractivity contribution in [3.8, 4) is 0 Å². The number of hydrogen-bond acceptors (Lipinski definition) is 4. The number of carboxylic acid groups (broad SMARTS) is 1. The third-order valence-electron chi connectivity index (χ3n) is 4.34. The molecule has 1 aliphatic rings. The molecule has 1 amide bonds. The average Bonchev–Trinajstić information content (AvgIpc) is 2.84. The number of nitrogens with zero attached hydrogens (tertiary/aromatic N) is 2. The summed E-state index contributed by atoms with van der Waals surface area (Å²) >= 11 is 1.54. The monoisotopic (exact) mass is 310 g/mol. The van der Waals surface area contributed by atoms with Crippen LogP contribution in [-0.2, 0) is 16.0 Å². The van der Waals surface area contributed by atoms with E-state index in [-0.39, 0.29) is 11.8 Å². The standard InChI is InChI=1S/C15H22N2O3S/c1-10-16-12(9-21-10)7-13(18)17-6-4-5-11(8-17)15(2,3)14(19)20/h9,11H,4-8H2,1-3H3,(H,19,20). The topological polar surface area (TPSA) is 70.5 Å². The number of carbonyl (C=O) groups is 2. The van der Waals surface area contributed by atoms with E-state index in [9.17, 15) is 14.7 Å². The van der Waals surface area contributed by atoms with Gasteiger partial charge in [-0.3, -0.25) is 9.59 Å². The number of piperidine rings is 1. The van der Waals surface area contributed by atoms with Gasteiger partial charge in [0.2, 0.25) is 5.91 Å². The first-order valence-electron chi connectivity index (χ1n) is 7.23. The van der Waals surface area contributed by atoms with Crippen molar-refractivity contribution in [1.82, 2.24) is 9.88 Å². The molecule has 2 rings (SSSR count). The van der Waals surface area contributed by atoms with Crippen molar-refractivity contribution in [2.75, 3.05) is 13.1 Å². The maximum atomic E-state index is 12.4. The molecular weight excluding hydrogens is 288 g/mol. The van der Waals surface area contributed by atoms with Gasteiger partial charge in [0.05, 0.1) is 22.5 Å². The van der Waals surface area contributed by atoms with Gasteiger partial charge in [0, 0.05) is 18.5 Å². The molecule has 1 N–H and O–H groups in total. The molecule has 0 aliphatic carbocycles. The molecular formula is C15H22N2O3S. The smallest absolute Gasteiger partial charge is 0.309 e. The first-order valence-corrected chi connectivity index (χ1v) is 8.11. The minimum absolute atomic E-state index is 0.00451. The fourth-order valence-corrected chi connectivity index (χ4v) is 3.34. The van der Waals surface area contributed by atoms with Gasteiger partial charge in [-0.15, -0.1) is 11.3 Å². The fraction of sp³-hybridized carbons (Fsp3) is 0.667. The number of carbonyl (C=O) groups excluding carboxylic acids is 1. The molecule has 0 aromatic carbocycles. The predicted molar refractivity (Wildman–Crippen MR) is 81.3 cm³/mol. The Morgan fingerprint density at radius 2 is 2.24 bits per heavy atom. The van der Waals surface area contributed by atoms with Crippen molar-refractivity contribution in [3.63, 3.8) is 0 Å². The maximum absolute atomic E-state index is 12.4. The van der Waals surface area contributed by atoms with E-state index in [0.717, 1.165) is 23.5 Å². The number of aryl methyl sites for hydroxylation is 1. The van der Waals surface area contributed by atoms with Crippen LogP contribution in [0, 0.1) is 18.3 Å². The lowest BCUT2D eigenvalue weighted by molar-refractivity contribution is -0.153. The summed E-state index contributed by atoms with van der Waals surface area (Å²) in [5.41, 5.74) is 0.0120. The van der Waals surface area contributed by atoms with Crippen molar-refractivity contribution in [2.24, 2.45) is 11.3 Å². The van der Waals surface area contributed by atoms with E-state index < -0.39 is 11.4 Å². The van der Waals surface area contributed by atoms with E-state index in [4.69, 9.17) is 0 Å². The summed E-state index contributed by atoms with van der Waals surface area (Å²) in [5.74, 6) is -0.743. The number of thiazole rings is 1. The lowest BCUT2D eigenvalue weighted by Crippen LogP contribution is -2.47. The van der Waals surface area contributed by atoms with Crippen LogP contribution >= 0.6 is 11.3 Å². The van der Waals surface area contributed by atoms with Gasteiger partial charge in [0.1, 0.15) is 0 Å². The van der Waals surface area contributed by atoms with Crippen LogP contribution in [0.1, 0.15) is 37.4 Å². The van der Waals surface area contributed by atoms with Gasteiger partial charge in [0.25, 0.3) is 0 Å². The van der Waals surface area contributed by atoms with Crippen molar-refractivity contribution in [3.05, 3.63) is 16.1 Å². The second-order valence-electron chi connectivity index (χ2n) is 6.24. The number of rotatable bonds is 4. The van der Waals surface area contributed by atoms with Crippen LogP contribution in [-0.4, -0.2) is 40.0 Å². The average molecular weight is 310 g/mol. The largest absolute Gasteiger partial charge is 0.481 e. The number of aromatic nitrogens is 1. The molecule has 6 heteroatoms. The number of hydrogen-bond donors (Lipinski definition) is 1. The molecule has 0 radical (unpaired) electrons. The van der Waals surface area contributed by atoms with E-state index in [1.807, 2.05) is 12.3 Å². The van der Waals surface area contributed by atoms with E-state index in [1.165, 1.54) is 0 Å². The highest BCUT2D eigenvalue weighted by Crippen LogP contribution is 2.34. The molecule has 116 valence electrons. The van der Waals surface area contributed by atoms with Crippen LogP contribution in [0.15, 0.2) is 5.38 Å². The lowest BCUT2D eigenvalue weighted by Gasteiger charge is -2.39. The Bertz CT molecular complexity index is 539. The summed E-state index contributed by atoms with van der Waals surface area (Å²) in [6.45, 7) is 6.66. The molecule has 21 heavy (non-hydrogen) atoms. The van der Waals surface area contributed by atoms with Crippen LogP contribution in [0.5, 0.6) is 0 Å². The highest BCUT2D eigenvalue weighted by Gasteiger charge is 2.39. The van der Waals surface area contributed by atoms with Gasteiger partial charge in [-0.1, -0.05) is 0 Å². The fourth-order valence-electron chi connectivity index (χ4n) is 2.72. The zero-order valence-electron chi connectivity index (χ0n) is 12.8. The second kappa shape index (κ2) is 6.13. The van der Waals surface area contributed by atoms with Crippen LogP contribution in [0.25, 0.3) is 0 Å². The third-order valence-corrected chi connectivity index (χ3v) is 5.17. The Kier molecular flexibility index (Phi) is 4.66. The molecule has 5 nitrogen and oxygen atoms in total. The Balaban J connectivity index is 2.00. The summed E-state index contributed by atoms with van der Waals surface area (Å²) in [5, 5.41) is 12.2. The third kappa shape index (κ3) is 3.61. The summed E-state index contributed by atoms with van der Waals surface area (Å²) in [6.07, 6.45) is 2.03. The molecule has 0 spiro atoms. The molecule has 1 unspecified atom stereocenters. The molecule has 0 saturated carbocycles. The summed E-state index contributed by atoms with van der Waals surface area (Å²) < 4.78 is 0. The molecule has 1 fully saturated rings. The van der Waals surface area contributed by atoms with E-state index in [2.05, 4.69) is 4.98 Å². The minimum atomic E-state index is -0.795. The number of amides is 1. The predicted octanol–water partition coefficient (Wildman–Crippen LogP) is 2.34. The number of carboxylic acids is 1. The Hall–Kier alpha value is -1.43. The molecule has 1 saturated heterocycles. The van der Waals surface area contributed by atoms with Crippen molar-refractivity contribution < 1.29 is 14.7 Å². The first kappa shape index (κ1) is 15.9. The Labute approximate surface area is 129 Å². The van der Waals surface area contributed by atoms with Crippen molar-refractivity contribution in [2.45, 2.75) is 40.0 Å². The van der Waals surface area contributed by atoms with Crippen molar-refractivity contribution >= 4 is 23.2 Å². The highest BCUT2D eigenvalue weighted by molar-refractivity contribution is 7.09. The van der Waals surface area contributed by atoms with Crippen molar-refractivity contribution in [1.29, 1.82) is 0 Å². The summed E-state index contributed by atoms with van der Waals surface area (Å²) in [6, 6.07) is 0. The zero-order valence-corrected chi connectivity index (χ0v) is 13.6. The SMILES string of the molecule is Cc1nc(CC(=O)N2CCCC(C(C)(C)C(=O)O)C2)cs1. The maximum Gasteiger partial charge on any atom is 0.309 e. The molecule has 1 aromatic rings. The molecule has 1 aromatic heterocycles. The van der Waals surface area contributed by atoms with Gasteiger partial charge in [-0.05, 0) is 39.5 Å². The number of aliphatic carboxylic acids is 1. The van der Waals surface area contributed by atoms with Gasteiger partial charge in [-0.2, -0.15) is 0 Å². The van der Waals surface area contributed by atoms with Crippen LogP contribution in [0.3, 0.4) is 0 Å². The zero-order chi connectivity index (χ0) is 15.6. The molecule has 0 bridgehead atoms. The van der Waals surface area contributed by atoms with Crippen LogP contribution in [0.4, 0.5) is 0 Å². The quantitative estimate of drug-likeness (QED) is 0.926. The minimum Gasteiger partial charge on any atom is -0.481 e. The van der Waals surface area contributed by atoms with Gasteiger partial charge in [0.15, 0.2) is 0 Å². The highest BCUT2D eigenvalue weighted by atomic mass is 32.1. The summed E-state index contributed by atoms with van der Waals surface area (Å²) in [7, 11) is 0. The first-order chi connectivity index (χ1) is 9.80. The normalized spacial score (nSPS) is 19.6. The van der Waals surface area contributed by atoms with Crippen LogP contribution < -0.4 is 0 Å². The molecule has 1 aliphatic heterocycles. The van der Waals surface area contributed by atoms with E-state index >= 15 is 0 Å². The van der Waals surface area contributed by atoms with E-state index in [1.54, 1.807) is 30.1 Å². The van der Waals surface area contributed by atoms with Gasteiger partial charge < -0.3 is 10.0 Å². The number of likely N-dealkylation sites (tertiary alicyclic amines) is 1. The second-order valence-corrected chi connectivity index (χ2v) is 7.30. The van der Waals surface area contributed by atoms with Gasteiger partial charge >= 0.3 is 5.97 Å². The van der Waals surface area contributed by atoms with E-state index in [0.29, 0.717) is 19.5 Å². The lowest BCUT2D eigenvalue weighted by atomic mass is 9.74. The summed E-state index contributed by atoms with van der Waals surface area (Å²) in [4.78, 5) is 29.9.